The van der Waals surface area contributed by atoms with E-state index in [1.54, 1.807) is 0 Å². The highest BCUT2D eigenvalue weighted by Crippen LogP contribution is 2.61. The third-order valence-electron chi connectivity index (χ3n) is 6.66. The van der Waals surface area contributed by atoms with Crippen molar-refractivity contribution in [3.05, 3.63) is 23.3 Å². The maximum atomic E-state index is 12.5. The van der Waals surface area contributed by atoms with Crippen LogP contribution in [0.1, 0.15) is 66.7 Å². The van der Waals surface area contributed by atoms with Gasteiger partial charge in [-0.2, -0.15) is 0 Å². The minimum absolute atomic E-state index is 0.0327. The van der Waals surface area contributed by atoms with Crippen LogP contribution in [0.15, 0.2) is 23.3 Å². The van der Waals surface area contributed by atoms with Crippen LogP contribution in [0.2, 0.25) is 0 Å². The summed E-state index contributed by atoms with van der Waals surface area (Å²) in [6, 6.07) is 0. The van der Waals surface area contributed by atoms with Gasteiger partial charge in [-0.15, -0.1) is 0 Å². The number of hydrogen-bond acceptors (Lipinski definition) is 2. The van der Waals surface area contributed by atoms with Crippen molar-refractivity contribution in [2.75, 3.05) is 7.11 Å². The predicted octanol–water partition coefficient (Wildman–Crippen LogP) is 5.29. The van der Waals surface area contributed by atoms with Crippen molar-refractivity contribution < 1.29 is 9.53 Å². The molecule has 2 heteroatoms. The Kier molecular flexibility index (Phi) is 4.61. The molecule has 2 saturated carbocycles. The zero-order chi connectivity index (χ0) is 16.7. The highest BCUT2D eigenvalue weighted by Gasteiger charge is 2.56. The molecule has 2 nitrogen and oxygen atoms in total. The van der Waals surface area contributed by atoms with Crippen LogP contribution in [0.25, 0.3) is 0 Å². The first-order chi connectivity index (χ1) is 10.2. The molecule has 3 atom stereocenters. The Morgan fingerprint density at radius 2 is 1.95 bits per heavy atom. The number of rotatable bonds is 2. The summed E-state index contributed by atoms with van der Waals surface area (Å²) in [7, 11) is 1.52. The molecule has 124 valence electrons. The Hall–Kier alpha value is -1.05. The Morgan fingerprint density at radius 3 is 2.50 bits per heavy atom. The Labute approximate surface area is 136 Å². The van der Waals surface area contributed by atoms with Gasteiger partial charge in [-0.1, -0.05) is 39.3 Å². The molecule has 2 aliphatic carbocycles. The maximum Gasteiger partial charge on any atom is 0.311 e. The van der Waals surface area contributed by atoms with E-state index in [4.69, 9.17) is 4.74 Å². The van der Waals surface area contributed by atoms with Crippen LogP contribution in [0.3, 0.4) is 0 Å². The number of ether oxygens (including phenoxy) is 1. The average molecular weight is 304 g/mol. The van der Waals surface area contributed by atoms with Gasteiger partial charge in [0.05, 0.1) is 12.5 Å². The van der Waals surface area contributed by atoms with Gasteiger partial charge in [-0.3, -0.25) is 4.79 Å². The van der Waals surface area contributed by atoms with Crippen LogP contribution in [0.4, 0.5) is 0 Å². The third kappa shape index (κ3) is 2.45. The van der Waals surface area contributed by atoms with Crippen LogP contribution < -0.4 is 0 Å². The fraction of sp³-hybridized carbons (Fsp3) is 0.750. The summed E-state index contributed by atoms with van der Waals surface area (Å²) in [6.07, 6.45) is 5.27. The lowest BCUT2D eigenvalue weighted by Crippen LogP contribution is -2.51. The largest absolute Gasteiger partial charge is 0.469 e. The summed E-state index contributed by atoms with van der Waals surface area (Å²) in [5.74, 6) is 0.865. The maximum absolute atomic E-state index is 12.5. The summed E-state index contributed by atoms with van der Waals surface area (Å²) < 4.78 is 5.15. The average Bonchev–Trinajstić information content (AvgIpc) is 2.47. The van der Waals surface area contributed by atoms with Crippen molar-refractivity contribution in [2.45, 2.75) is 66.7 Å². The van der Waals surface area contributed by atoms with E-state index in [1.165, 1.54) is 23.8 Å². The van der Waals surface area contributed by atoms with E-state index in [-0.39, 0.29) is 16.8 Å². The smallest absolute Gasteiger partial charge is 0.311 e. The summed E-state index contributed by atoms with van der Waals surface area (Å²) in [6.45, 7) is 15.7. The number of carbonyl (C=O) groups is 1. The topological polar surface area (TPSA) is 26.3 Å². The molecular weight excluding hydrogens is 272 g/mol. The van der Waals surface area contributed by atoms with Gasteiger partial charge < -0.3 is 4.74 Å². The van der Waals surface area contributed by atoms with E-state index < -0.39 is 0 Å². The van der Waals surface area contributed by atoms with Crippen molar-refractivity contribution in [3.63, 3.8) is 0 Å². The van der Waals surface area contributed by atoms with Gasteiger partial charge in [0.15, 0.2) is 0 Å². The first-order valence-corrected chi connectivity index (χ1v) is 8.66. The minimum atomic E-state index is -0.359. The van der Waals surface area contributed by atoms with Gasteiger partial charge in [0.2, 0.25) is 0 Å². The standard InChI is InChI=1S/C20H32O2/c1-13(2)14(3)16-9-10-17-19(5,15(16)4)11-8-12-20(17,6)18(21)22-7/h13,17H,4,8-12H2,1-3,5-7H3/b16-14+/t17?,19-,20+/m1/s1. The van der Waals surface area contributed by atoms with Crippen molar-refractivity contribution >= 4 is 5.97 Å². The molecule has 0 bridgehead atoms. The Balaban J connectivity index is 2.44. The van der Waals surface area contributed by atoms with Crippen molar-refractivity contribution in [2.24, 2.45) is 22.7 Å². The molecule has 0 aromatic rings. The first-order valence-electron chi connectivity index (χ1n) is 8.66. The van der Waals surface area contributed by atoms with E-state index in [0.717, 1.165) is 32.1 Å². The molecule has 0 heterocycles. The second-order valence-corrected chi connectivity index (χ2v) is 8.07. The summed E-state index contributed by atoms with van der Waals surface area (Å²) in [5, 5.41) is 0. The van der Waals surface area contributed by atoms with Crippen LogP contribution in [-0.4, -0.2) is 13.1 Å². The SMILES string of the molecule is C=C1/C(=C(\C)C(C)C)CCC2[C@]1(C)CCC[C@]2(C)C(=O)OC. The van der Waals surface area contributed by atoms with Gasteiger partial charge in [0.25, 0.3) is 0 Å². The normalized spacial score (nSPS) is 37.8. The second kappa shape index (κ2) is 5.86. The number of hydrogen-bond donors (Lipinski definition) is 0. The van der Waals surface area contributed by atoms with E-state index in [9.17, 15) is 4.79 Å². The molecule has 0 aliphatic heterocycles. The fourth-order valence-electron chi connectivity index (χ4n) is 4.92. The zero-order valence-electron chi connectivity index (χ0n) is 15.2. The predicted molar refractivity (Wildman–Crippen MR) is 91.5 cm³/mol. The Bertz CT molecular complexity index is 514. The van der Waals surface area contributed by atoms with Gasteiger partial charge in [0, 0.05) is 0 Å². The molecule has 2 aliphatic rings. The molecule has 22 heavy (non-hydrogen) atoms. The van der Waals surface area contributed by atoms with Crippen molar-refractivity contribution in [1.82, 2.24) is 0 Å². The van der Waals surface area contributed by atoms with E-state index in [1.807, 2.05) is 0 Å². The van der Waals surface area contributed by atoms with Gasteiger partial charge in [-0.25, -0.2) is 0 Å². The molecule has 1 unspecified atom stereocenters. The van der Waals surface area contributed by atoms with E-state index in [2.05, 4.69) is 41.2 Å². The second-order valence-electron chi connectivity index (χ2n) is 8.07. The lowest BCUT2D eigenvalue weighted by molar-refractivity contribution is -0.163. The molecule has 0 spiro atoms. The molecule has 2 rings (SSSR count). The summed E-state index contributed by atoms with van der Waals surface area (Å²) in [4.78, 5) is 12.5. The van der Waals surface area contributed by atoms with Crippen LogP contribution in [0, 0.1) is 22.7 Å². The number of carbonyl (C=O) groups excluding carboxylic acids is 1. The number of methoxy groups -OCH3 is 1. The van der Waals surface area contributed by atoms with Crippen LogP contribution in [-0.2, 0) is 9.53 Å². The quantitative estimate of drug-likeness (QED) is 0.647. The van der Waals surface area contributed by atoms with Gasteiger partial charge >= 0.3 is 5.97 Å². The minimum Gasteiger partial charge on any atom is -0.469 e. The highest BCUT2D eigenvalue weighted by molar-refractivity contribution is 5.77. The summed E-state index contributed by atoms with van der Waals surface area (Å²) in [5.41, 5.74) is 3.88. The Morgan fingerprint density at radius 1 is 1.32 bits per heavy atom. The molecule has 0 aromatic heterocycles. The third-order valence-corrected chi connectivity index (χ3v) is 6.66. The number of esters is 1. The molecule has 0 aromatic carbocycles. The van der Waals surface area contributed by atoms with Gasteiger partial charge in [0.1, 0.15) is 0 Å². The molecule has 0 amide bonds. The lowest BCUT2D eigenvalue weighted by atomic mass is 9.48. The van der Waals surface area contributed by atoms with E-state index in [0.29, 0.717) is 11.8 Å². The number of allylic oxidation sites excluding steroid dienone is 3. The van der Waals surface area contributed by atoms with Crippen molar-refractivity contribution in [1.29, 1.82) is 0 Å². The van der Waals surface area contributed by atoms with Crippen LogP contribution >= 0.6 is 0 Å². The van der Waals surface area contributed by atoms with Gasteiger partial charge in [-0.05, 0) is 67.9 Å². The molecule has 2 fully saturated rings. The fourth-order valence-corrected chi connectivity index (χ4v) is 4.92. The van der Waals surface area contributed by atoms with Crippen molar-refractivity contribution in [3.8, 4) is 0 Å². The number of fused-ring (bicyclic) bond motifs is 1. The molecule has 0 N–H and O–H groups in total. The molecule has 0 saturated heterocycles. The zero-order valence-corrected chi connectivity index (χ0v) is 15.2. The summed E-state index contributed by atoms with van der Waals surface area (Å²) >= 11 is 0. The monoisotopic (exact) mass is 304 g/mol. The molecular formula is C20H32O2. The van der Waals surface area contributed by atoms with Crippen LogP contribution in [0.5, 0.6) is 0 Å². The lowest BCUT2D eigenvalue weighted by Gasteiger charge is -2.55. The first kappa shape index (κ1) is 17.3. The van der Waals surface area contributed by atoms with E-state index >= 15 is 0 Å². The highest BCUT2D eigenvalue weighted by atomic mass is 16.5. The molecule has 0 radical (unpaired) electrons.